The average Bonchev–Trinajstić information content (AvgIpc) is 2.44. The lowest BCUT2D eigenvalue weighted by Crippen LogP contribution is -2.18. The van der Waals surface area contributed by atoms with Crippen LogP contribution >= 0.6 is 11.6 Å². The number of hydrogen-bond acceptors (Lipinski definition) is 2. The van der Waals surface area contributed by atoms with E-state index >= 15 is 0 Å². The quantitative estimate of drug-likeness (QED) is 0.916. The Hall–Kier alpha value is -1.58. The molecule has 2 aromatic rings. The fourth-order valence-corrected chi connectivity index (χ4v) is 2.38. The topological polar surface area (TPSA) is 21.3 Å². The Morgan fingerprint density at radius 3 is 2.55 bits per heavy atom. The Balaban J connectivity index is 2.49. The zero-order chi connectivity index (χ0) is 14.7. The smallest absolute Gasteiger partial charge is 0.126 e. The van der Waals surface area contributed by atoms with Gasteiger partial charge in [0.1, 0.15) is 11.6 Å². The summed E-state index contributed by atoms with van der Waals surface area (Å²) in [5, 5.41) is 3.79. The van der Waals surface area contributed by atoms with Crippen LogP contribution in [0.2, 0.25) is 5.02 Å². The molecule has 4 heteroatoms. The Morgan fingerprint density at radius 1 is 1.20 bits per heavy atom. The largest absolute Gasteiger partial charge is 0.496 e. The Kier molecular flexibility index (Phi) is 4.63. The highest BCUT2D eigenvalue weighted by Gasteiger charge is 2.17. The van der Waals surface area contributed by atoms with Crippen molar-refractivity contribution >= 4 is 11.6 Å². The molecule has 0 bridgehead atoms. The molecule has 2 aromatic carbocycles. The Bertz CT molecular complexity index is 615. The summed E-state index contributed by atoms with van der Waals surface area (Å²) in [7, 11) is 3.42. The van der Waals surface area contributed by atoms with Crippen LogP contribution in [0, 0.1) is 12.7 Å². The van der Waals surface area contributed by atoms with E-state index in [4.69, 9.17) is 16.3 Å². The van der Waals surface area contributed by atoms with Crippen LogP contribution in [-0.2, 0) is 0 Å². The SMILES string of the molecule is CNC(c1ccc(C)c(F)c1)c1ccc(Cl)cc1OC. The monoisotopic (exact) mass is 293 g/mol. The van der Waals surface area contributed by atoms with Crippen LogP contribution in [0.4, 0.5) is 4.39 Å². The van der Waals surface area contributed by atoms with Crippen molar-refractivity contribution in [3.05, 3.63) is 63.9 Å². The molecule has 106 valence electrons. The Morgan fingerprint density at radius 2 is 1.95 bits per heavy atom. The minimum atomic E-state index is -0.212. The highest BCUT2D eigenvalue weighted by Crippen LogP contribution is 2.32. The van der Waals surface area contributed by atoms with Gasteiger partial charge in [0.15, 0.2) is 0 Å². The fraction of sp³-hybridized carbons (Fsp3) is 0.250. The summed E-state index contributed by atoms with van der Waals surface area (Å²) >= 11 is 5.98. The van der Waals surface area contributed by atoms with E-state index in [-0.39, 0.29) is 11.9 Å². The molecule has 0 heterocycles. The molecule has 0 aliphatic carbocycles. The lowest BCUT2D eigenvalue weighted by molar-refractivity contribution is 0.405. The zero-order valence-electron chi connectivity index (χ0n) is 11.7. The van der Waals surface area contributed by atoms with Gasteiger partial charge in [-0.05, 0) is 43.3 Å². The van der Waals surface area contributed by atoms with E-state index in [1.165, 1.54) is 0 Å². The second-order valence-corrected chi connectivity index (χ2v) is 5.05. The second kappa shape index (κ2) is 6.25. The van der Waals surface area contributed by atoms with Gasteiger partial charge in [-0.15, -0.1) is 0 Å². The summed E-state index contributed by atoms with van der Waals surface area (Å²) in [6.07, 6.45) is 0. The maximum atomic E-state index is 13.8. The number of methoxy groups -OCH3 is 1. The zero-order valence-corrected chi connectivity index (χ0v) is 12.5. The summed E-state index contributed by atoms with van der Waals surface area (Å²) in [6.45, 7) is 1.75. The minimum absolute atomic E-state index is 0.155. The maximum absolute atomic E-state index is 13.8. The van der Waals surface area contributed by atoms with Gasteiger partial charge in [-0.2, -0.15) is 0 Å². The first-order chi connectivity index (χ1) is 9.56. The van der Waals surface area contributed by atoms with Gasteiger partial charge in [0, 0.05) is 10.6 Å². The second-order valence-electron chi connectivity index (χ2n) is 4.62. The van der Waals surface area contributed by atoms with E-state index < -0.39 is 0 Å². The summed E-state index contributed by atoms with van der Waals surface area (Å²) < 4.78 is 19.1. The molecule has 0 aromatic heterocycles. The van der Waals surface area contributed by atoms with Crippen LogP contribution in [-0.4, -0.2) is 14.2 Å². The molecule has 0 aliphatic rings. The van der Waals surface area contributed by atoms with E-state index in [1.807, 2.05) is 19.2 Å². The van der Waals surface area contributed by atoms with E-state index in [0.717, 1.165) is 11.1 Å². The van der Waals surface area contributed by atoms with Crippen molar-refractivity contribution in [3.8, 4) is 5.75 Å². The molecule has 0 saturated heterocycles. The molecular formula is C16H17ClFNO. The molecule has 0 saturated carbocycles. The standard InChI is InChI=1S/C16H17ClFNO/c1-10-4-5-11(8-14(10)18)16(19-2)13-7-6-12(17)9-15(13)20-3/h4-9,16,19H,1-3H3. The maximum Gasteiger partial charge on any atom is 0.126 e. The molecule has 20 heavy (non-hydrogen) atoms. The molecule has 2 nitrogen and oxygen atoms in total. The molecule has 0 spiro atoms. The number of hydrogen-bond donors (Lipinski definition) is 1. The number of rotatable bonds is 4. The van der Waals surface area contributed by atoms with Crippen molar-refractivity contribution in [1.82, 2.24) is 5.32 Å². The van der Waals surface area contributed by atoms with E-state index in [9.17, 15) is 4.39 Å². The van der Waals surface area contributed by atoms with Crippen LogP contribution in [0.1, 0.15) is 22.7 Å². The molecule has 0 radical (unpaired) electrons. The van der Waals surface area contributed by atoms with Crippen LogP contribution in [0.5, 0.6) is 5.75 Å². The first-order valence-electron chi connectivity index (χ1n) is 6.33. The summed E-state index contributed by atoms with van der Waals surface area (Å²) in [6, 6.07) is 10.5. The van der Waals surface area contributed by atoms with Crippen molar-refractivity contribution in [3.63, 3.8) is 0 Å². The normalized spacial score (nSPS) is 12.2. The number of halogens is 2. The average molecular weight is 294 g/mol. The molecule has 1 atom stereocenters. The predicted octanol–water partition coefficient (Wildman–Crippen LogP) is 4.10. The van der Waals surface area contributed by atoms with Crippen molar-refractivity contribution in [2.24, 2.45) is 0 Å². The molecule has 0 amide bonds. The van der Waals surface area contributed by atoms with Crippen molar-refractivity contribution in [2.75, 3.05) is 14.2 Å². The van der Waals surface area contributed by atoms with Crippen LogP contribution in [0.3, 0.4) is 0 Å². The molecule has 1 N–H and O–H groups in total. The lowest BCUT2D eigenvalue weighted by Gasteiger charge is -2.20. The van der Waals surface area contributed by atoms with E-state index in [0.29, 0.717) is 16.3 Å². The molecule has 2 rings (SSSR count). The molecular weight excluding hydrogens is 277 g/mol. The molecule has 0 fully saturated rings. The van der Waals surface area contributed by atoms with Gasteiger partial charge >= 0.3 is 0 Å². The summed E-state index contributed by atoms with van der Waals surface area (Å²) in [5.41, 5.74) is 2.39. The molecule has 1 unspecified atom stereocenters. The van der Waals surface area contributed by atoms with E-state index in [1.54, 1.807) is 38.3 Å². The van der Waals surface area contributed by atoms with Gasteiger partial charge < -0.3 is 10.1 Å². The Labute approximate surface area is 123 Å². The molecule has 0 aliphatic heterocycles. The number of ether oxygens (including phenoxy) is 1. The highest BCUT2D eigenvalue weighted by atomic mass is 35.5. The van der Waals surface area contributed by atoms with Crippen LogP contribution in [0.15, 0.2) is 36.4 Å². The number of benzene rings is 2. The number of aryl methyl sites for hydroxylation is 1. The van der Waals surface area contributed by atoms with Crippen molar-refractivity contribution in [1.29, 1.82) is 0 Å². The van der Waals surface area contributed by atoms with Gasteiger partial charge in [0.2, 0.25) is 0 Å². The van der Waals surface area contributed by atoms with Crippen molar-refractivity contribution < 1.29 is 9.13 Å². The lowest BCUT2D eigenvalue weighted by atomic mass is 9.97. The third kappa shape index (κ3) is 2.94. The van der Waals surface area contributed by atoms with Gasteiger partial charge in [0.25, 0.3) is 0 Å². The minimum Gasteiger partial charge on any atom is -0.496 e. The first-order valence-corrected chi connectivity index (χ1v) is 6.71. The summed E-state index contributed by atoms with van der Waals surface area (Å²) in [4.78, 5) is 0. The third-order valence-electron chi connectivity index (χ3n) is 3.32. The van der Waals surface area contributed by atoms with Gasteiger partial charge in [-0.3, -0.25) is 0 Å². The van der Waals surface area contributed by atoms with Crippen molar-refractivity contribution in [2.45, 2.75) is 13.0 Å². The highest BCUT2D eigenvalue weighted by molar-refractivity contribution is 6.30. The third-order valence-corrected chi connectivity index (χ3v) is 3.56. The predicted molar refractivity (Wildman–Crippen MR) is 80.0 cm³/mol. The van der Waals surface area contributed by atoms with Crippen LogP contribution < -0.4 is 10.1 Å². The fourth-order valence-electron chi connectivity index (χ4n) is 2.21. The number of nitrogens with one attached hydrogen (secondary N) is 1. The van der Waals surface area contributed by atoms with Gasteiger partial charge in [-0.25, -0.2) is 4.39 Å². The van der Waals surface area contributed by atoms with Gasteiger partial charge in [-0.1, -0.05) is 29.8 Å². The van der Waals surface area contributed by atoms with Crippen LogP contribution in [0.25, 0.3) is 0 Å². The first kappa shape index (κ1) is 14.8. The summed E-state index contributed by atoms with van der Waals surface area (Å²) in [5.74, 6) is 0.466. The van der Waals surface area contributed by atoms with Gasteiger partial charge in [0.05, 0.1) is 13.2 Å². The van der Waals surface area contributed by atoms with E-state index in [2.05, 4.69) is 5.32 Å².